The smallest absolute Gasteiger partial charge is 0.251 e. The summed E-state index contributed by atoms with van der Waals surface area (Å²) < 4.78 is 0. The lowest BCUT2D eigenvalue weighted by Gasteiger charge is -2.12. The highest BCUT2D eigenvalue weighted by Gasteiger charge is 2.08. The lowest BCUT2D eigenvalue weighted by Crippen LogP contribution is -2.27. The summed E-state index contributed by atoms with van der Waals surface area (Å²) in [5.41, 5.74) is 0.583. The number of hydrogen-bond donors (Lipinski definition) is 2. The molecule has 0 spiro atoms. The van der Waals surface area contributed by atoms with Gasteiger partial charge in [0.25, 0.3) is 5.91 Å². The van der Waals surface area contributed by atoms with Crippen LogP contribution in [0.25, 0.3) is 0 Å². The minimum atomic E-state index is -0.347. The Kier molecular flexibility index (Phi) is 5.58. The van der Waals surface area contributed by atoms with Gasteiger partial charge in [-0.1, -0.05) is 6.92 Å². The number of anilines is 1. The van der Waals surface area contributed by atoms with E-state index in [1.165, 1.54) is 0 Å². The molecule has 1 aromatic rings. The molecule has 18 heavy (non-hydrogen) atoms. The molecule has 0 radical (unpaired) electrons. The minimum absolute atomic E-state index is 0.135. The molecular formula is C13H21N3O2. The number of nitrogens with zero attached hydrogens (tertiary/aromatic N) is 2. The molecule has 1 aromatic heterocycles. The van der Waals surface area contributed by atoms with E-state index in [4.69, 9.17) is 0 Å². The van der Waals surface area contributed by atoms with Gasteiger partial charge in [-0.3, -0.25) is 4.79 Å². The number of aliphatic hydroxyl groups excluding tert-OH is 1. The van der Waals surface area contributed by atoms with E-state index in [1.54, 1.807) is 18.3 Å². The fourth-order valence-corrected chi connectivity index (χ4v) is 1.46. The Labute approximate surface area is 108 Å². The molecule has 0 saturated carbocycles. The van der Waals surface area contributed by atoms with Crippen LogP contribution in [0.2, 0.25) is 0 Å². The first-order chi connectivity index (χ1) is 8.54. The molecule has 0 aliphatic carbocycles. The molecule has 1 unspecified atom stereocenters. The number of nitrogens with one attached hydrogen (secondary N) is 1. The number of rotatable bonds is 6. The maximum atomic E-state index is 11.9. The van der Waals surface area contributed by atoms with E-state index in [1.807, 2.05) is 25.9 Å². The summed E-state index contributed by atoms with van der Waals surface area (Å²) in [6.45, 7) is 2.40. The molecule has 100 valence electrons. The largest absolute Gasteiger partial charge is 0.393 e. The summed E-state index contributed by atoms with van der Waals surface area (Å²) in [6.07, 6.45) is 2.55. The predicted molar refractivity (Wildman–Crippen MR) is 71.8 cm³/mol. The third kappa shape index (κ3) is 4.33. The molecule has 0 aromatic carbocycles. The van der Waals surface area contributed by atoms with E-state index >= 15 is 0 Å². The number of carbonyl (C=O) groups is 1. The van der Waals surface area contributed by atoms with Gasteiger partial charge >= 0.3 is 0 Å². The highest BCUT2D eigenvalue weighted by Crippen LogP contribution is 2.09. The Morgan fingerprint density at radius 3 is 2.89 bits per heavy atom. The van der Waals surface area contributed by atoms with Gasteiger partial charge in [-0.05, 0) is 25.0 Å². The minimum Gasteiger partial charge on any atom is -0.393 e. The molecular weight excluding hydrogens is 230 g/mol. The first-order valence-corrected chi connectivity index (χ1v) is 6.14. The molecule has 1 atom stereocenters. The van der Waals surface area contributed by atoms with Crippen LogP contribution in [0.1, 0.15) is 30.1 Å². The summed E-state index contributed by atoms with van der Waals surface area (Å²) >= 11 is 0. The van der Waals surface area contributed by atoms with Crippen molar-refractivity contribution in [2.45, 2.75) is 25.9 Å². The van der Waals surface area contributed by atoms with Crippen LogP contribution in [0.5, 0.6) is 0 Å². The van der Waals surface area contributed by atoms with Crippen LogP contribution in [0.3, 0.4) is 0 Å². The molecule has 2 N–H and O–H groups in total. The fourth-order valence-electron chi connectivity index (χ4n) is 1.46. The van der Waals surface area contributed by atoms with Gasteiger partial charge < -0.3 is 15.3 Å². The van der Waals surface area contributed by atoms with E-state index in [0.29, 0.717) is 24.9 Å². The first kappa shape index (κ1) is 14.4. The van der Waals surface area contributed by atoms with Crippen molar-refractivity contribution in [1.82, 2.24) is 10.3 Å². The second-order valence-electron chi connectivity index (χ2n) is 4.40. The molecule has 0 aliphatic heterocycles. The van der Waals surface area contributed by atoms with Crippen molar-refractivity contribution in [2.24, 2.45) is 0 Å². The van der Waals surface area contributed by atoms with Crippen LogP contribution in [0, 0.1) is 0 Å². The van der Waals surface area contributed by atoms with Gasteiger partial charge in [0.1, 0.15) is 5.82 Å². The van der Waals surface area contributed by atoms with Crippen molar-refractivity contribution in [1.29, 1.82) is 0 Å². The maximum absolute atomic E-state index is 11.9. The summed E-state index contributed by atoms with van der Waals surface area (Å²) in [5.74, 6) is 0.611. The van der Waals surface area contributed by atoms with Crippen LogP contribution < -0.4 is 10.2 Å². The number of hydrogen-bond acceptors (Lipinski definition) is 4. The van der Waals surface area contributed by atoms with E-state index in [9.17, 15) is 9.90 Å². The highest BCUT2D eigenvalue weighted by molar-refractivity contribution is 5.94. The molecule has 0 bridgehead atoms. The number of pyridine rings is 1. The topological polar surface area (TPSA) is 65.5 Å². The summed E-state index contributed by atoms with van der Waals surface area (Å²) in [5, 5.41) is 12.2. The van der Waals surface area contributed by atoms with E-state index < -0.39 is 0 Å². The zero-order chi connectivity index (χ0) is 13.5. The Hall–Kier alpha value is -1.62. The van der Waals surface area contributed by atoms with Crippen LogP contribution in [-0.2, 0) is 0 Å². The van der Waals surface area contributed by atoms with E-state index in [2.05, 4.69) is 10.3 Å². The van der Waals surface area contributed by atoms with Gasteiger partial charge in [0.15, 0.2) is 0 Å². The van der Waals surface area contributed by atoms with Gasteiger partial charge in [-0.25, -0.2) is 4.98 Å². The summed E-state index contributed by atoms with van der Waals surface area (Å²) in [4.78, 5) is 17.8. The molecule has 1 amide bonds. The zero-order valence-electron chi connectivity index (χ0n) is 11.2. The van der Waals surface area contributed by atoms with Gasteiger partial charge in [-0.2, -0.15) is 0 Å². The summed E-state index contributed by atoms with van der Waals surface area (Å²) in [6, 6.07) is 3.42. The van der Waals surface area contributed by atoms with Crippen molar-refractivity contribution >= 4 is 11.7 Å². The highest BCUT2D eigenvalue weighted by atomic mass is 16.3. The molecule has 5 heteroatoms. The average Bonchev–Trinajstić information content (AvgIpc) is 2.38. The standard InChI is InChI=1S/C13H21N3O2/c1-4-11(17)6-8-15-13(18)10-5-7-14-12(9-10)16(2)3/h5,7,9,11,17H,4,6,8H2,1-3H3,(H,15,18). The van der Waals surface area contributed by atoms with Gasteiger partial charge in [-0.15, -0.1) is 0 Å². The zero-order valence-corrected chi connectivity index (χ0v) is 11.2. The SMILES string of the molecule is CCC(O)CCNC(=O)c1ccnc(N(C)C)c1. The normalized spacial score (nSPS) is 12.0. The van der Waals surface area contributed by atoms with Gasteiger partial charge in [0.05, 0.1) is 6.10 Å². The van der Waals surface area contributed by atoms with Gasteiger partial charge in [0, 0.05) is 32.4 Å². The van der Waals surface area contributed by atoms with Crippen molar-refractivity contribution < 1.29 is 9.90 Å². The monoisotopic (exact) mass is 251 g/mol. The molecule has 5 nitrogen and oxygen atoms in total. The van der Waals surface area contributed by atoms with Crippen molar-refractivity contribution in [2.75, 3.05) is 25.5 Å². The molecule has 0 aliphatic rings. The Morgan fingerprint density at radius 1 is 1.56 bits per heavy atom. The van der Waals surface area contributed by atoms with Crippen LogP contribution in [0.4, 0.5) is 5.82 Å². The predicted octanol–water partition coefficient (Wildman–Crippen LogP) is 1.04. The maximum Gasteiger partial charge on any atom is 0.251 e. The van der Waals surface area contributed by atoms with Crippen molar-refractivity contribution in [3.63, 3.8) is 0 Å². The Balaban J connectivity index is 2.53. The Morgan fingerprint density at radius 2 is 2.28 bits per heavy atom. The lowest BCUT2D eigenvalue weighted by molar-refractivity contribution is 0.0942. The third-order valence-electron chi connectivity index (χ3n) is 2.70. The number of carbonyl (C=O) groups excluding carboxylic acids is 1. The molecule has 1 rings (SSSR count). The quantitative estimate of drug-likeness (QED) is 0.793. The van der Waals surface area contributed by atoms with Crippen LogP contribution in [-0.4, -0.2) is 42.7 Å². The molecule has 0 saturated heterocycles. The second kappa shape index (κ2) is 6.96. The Bertz CT molecular complexity index is 394. The second-order valence-corrected chi connectivity index (χ2v) is 4.40. The first-order valence-electron chi connectivity index (χ1n) is 6.14. The summed E-state index contributed by atoms with van der Waals surface area (Å²) in [7, 11) is 3.75. The number of amides is 1. The number of aromatic nitrogens is 1. The van der Waals surface area contributed by atoms with Crippen molar-refractivity contribution in [3.05, 3.63) is 23.9 Å². The fraction of sp³-hybridized carbons (Fsp3) is 0.538. The number of aliphatic hydroxyl groups is 1. The van der Waals surface area contributed by atoms with E-state index in [-0.39, 0.29) is 12.0 Å². The van der Waals surface area contributed by atoms with Crippen LogP contribution in [0.15, 0.2) is 18.3 Å². The van der Waals surface area contributed by atoms with Gasteiger partial charge in [0.2, 0.25) is 0 Å². The lowest BCUT2D eigenvalue weighted by atomic mass is 10.2. The van der Waals surface area contributed by atoms with Crippen molar-refractivity contribution in [3.8, 4) is 0 Å². The van der Waals surface area contributed by atoms with Crippen LogP contribution >= 0.6 is 0 Å². The average molecular weight is 251 g/mol. The molecule has 1 heterocycles. The third-order valence-corrected chi connectivity index (χ3v) is 2.70. The van der Waals surface area contributed by atoms with E-state index in [0.717, 1.165) is 5.82 Å². The molecule has 0 fully saturated rings.